The van der Waals surface area contributed by atoms with E-state index in [9.17, 15) is 4.79 Å². The van der Waals surface area contributed by atoms with Crippen LogP contribution in [-0.2, 0) is 11.2 Å². The van der Waals surface area contributed by atoms with Crippen LogP contribution in [0.3, 0.4) is 0 Å². The zero-order valence-corrected chi connectivity index (χ0v) is 14.8. The number of amides is 1. The molecule has 1 aromatic carbocycles. The van der Waals surface area contributed by atoms with Crippen LogP contribution in [0.1, 0.15) is 24.8 Å². The molecular weight excluding hydrogens is 308 g/mol. The molecule has 0 radical (unpaired) electrons. The molecule has 1 aliphatic heterocycles. The first-order valence-corrected chi connectivity index (χ1v) is 8.44. The van der Waals surface area contributed by atoms with Gasteiger partial charge in [-0.05, 0) is 49.9 Å². The predicted molar refractivity (Wildman–Crippen MR) is 93.0 cm³/mol. The molecule has 1 saturated heterocycles. The number of carbonyl (C=O) groups is 1. The molecule has 1 unspecified atom stereocenters. The second-order valence-corrected chi connectivity index (χ2v) is 6.01. The highest BCUT2D eigenvalue weighted by molar-refractivity contribution is 5.76. The minimum absolute atomic E-state index is 0.0670. The van der Waals surface area contributed by atoms with Crippen LogP contribution in [0, 0.1) is 5.92 Å². The van der Waals surface area contributed by atoms with Crippen molar-refractivity contribution in [1.82, 2.24) is 10.6 Å². The van der Waals surface area contributed by atoms with Crippen LogP contribution in [-0.4, -0.2) is 46.9 Å². The summed E-state index contributed by atoms with van der Waals surface area (Å²) in [4.78, 5) is 12.1. The summed E-state index contributed by atoms with van der Waals surface area (Å²) < 4.78 is 16.1. The largest absolute Gasteiger partial charge is 0.493 e. The number of hydrogen-bond acceptors (Lipinski definition) is 5. The van der Waals surface area contributed by atoms with Crippen LogP contribution in [0.5, 0.6) is 17.2 Å². The molecule has 1 heterocycles. The molecule has 1 atom stereocenters. The fourth-order valence-corrected chi connectivity index (χ4v) is 3.05. The maximum Gasteiger partial charge on any atom is 0.220 e. The first-order valence-electron chi connectivity index (χ1n) is 8.44. The molecule has 6 heteroatoms. The summed E-state index contributed by atoms with van der Waals surface area (Å²) >= 11 is 0. The Hall–Kier alpha value is -1.95. The maximum absolute atomic E-state index is 12.1. The molecule has 1 amide bonds. The molecule has 1 aliphatic rings. The number of hydrogen-bond donors (Lipinski definition) is 2. The molecule has 6 nitrogen and oxygen atoms in total. The van der Waals surface area contributed by atoms with E-state index in [2.05, 4.69) is 10.6 Å². The number of piperidine rings is 1. The number of rotatable bonds is 8. The Morgan fingerprint density at radius 3 is 2.62 bits per heavy atom. The van der Waals surface area contributed by atoms with Crippen molar-refractivity contribution in [2.75, 3.05) is 41.0 Å². The van der Waals surface area contributed by atoms with Crippen LogP contribution < -0.4 is 24.8 Å². The van der Waals surface area contributed by atoms with Crippen LogP contribution in [0.4, 0.5) is 0 Å². The average Bonchev–Trinajstić information content (AvgIpc) is 2.64. The Bertz CT molecular complexity index is 542. The maximum atomic E-state index is 12.1. The van der Waals surface area contributed by atoms with Gasteiger partial charge >= 0.3 is 0 Å². The fourth-order valence-electron chi connectivity index (χ4n) is 3.05. The van der Waals surface area contributed by atoms with E-state index in [1.807, 2.05) is 12.1 Å². The lowest BCUT2D eigenvalue weighted by molar-refractivity contribution is -0.121. The van der Waals surface area contributed by atoms with Gasteiger partial charge in [-0.25, -0.2) is 0 Å². The van der Waals surface area contributed by atoms with Crippen molar-refractivity contribution >= 4 is 5.91 Å². The normalized spacial score (nSPS) is 17.2. The lowest BCUT2D eigenvalue weighted by Crippen LogP contribution is -2.38. The van der Waals surface area contributed by atoms with E-state index in [0.717, 1.165) is 25.2 Å². The van der Waals surface area contributed by atoms with E-state index in [-0.39, 0.29) is 5.91 Å². The van der Waals surface area contributed by atoms with Gasteiger partial charge in [0.05, 0.1) is 21.3 Å². The summed E-state index contributed by atoms with van der Waals surface area (Å²) in [5, 5.41) is 6.40. The lowest BCUT2D eigenvalue weighted by atomic mass is 9.99. The van der Waals surface area contributed by atoms with Crippen molar-refractivity contribution in [3.8, 4) is 17.2 Å². The van der Waals surface area contributed by atoms with Gasteiger partial charge in [0.1, 0.15) is 0 Å². The fraction of sp³-hybridized carbons (Fsp3) is 0.611. The van der Waals surface area contributed by atoms with Crippen molar-refractivity contribution < 1.29 is 19.0 Å². The molecule has 0 aromatic heterocycles. The van der Waals surface area contributed by atoms with Crippen molar-refractivity contribution in [2.24, 2.45) is 5.92 Å². The highest BCUT2D eigenvalue weighted by Crippen LogP contribution is 2.40. The quantitative estimate of drug-likeness (QED) is 0.757. The van der Waals surface area contributed by atoms with Gasteiger partial charge in [-0.3, -0.25) is 4.79 Å². The number of nitrogens with one attached hydrogen (secondary N) is 2. The standard InChI is InChI=1S/C18H28N2O4/c1-22-15-8-6-14(17(23-2)18(15)24-3)7-9-16(21)20-12-13-5-4-10-19-11-13/h6,8,13,19H,4-5,7,9-12H2,1-3H3,(H,20,21). The van der Waals surface area contributed by atoms with Crippen LogP contribution in [0.25, 0.3) is 0 Å². The monoisotopic (exact) mass is 336 g/mol. The van der Waals surface area contributed by atoms with E-state index in [1.54, 1.807) is 21.3 Å². The lowest BCUT2D eigenvalue weighted by Gasteiger charge is -2.22. The topological polar surface area (TPSA) is 68.8 Å². The molecule has 0 aliphatic carbocycles. The smallest absolute Gasteiger partial charge is 0.220 e. The number of carbonyl (C=O) groups excluding carboxylic acids is 1. The summed E-state index contributed by atoms with van der Waals surface area (Å²) in [6, 6.07) is 3.75. The highest BCUT2D eigenvalue weighted by atomic mass is 16.5. The van der Waals surface area contributed by atoms with Gasteiger partial charge in [-0.15, -0.1) is 0 Å². The molecule has 1 aromatic rings. The van der Waals surface area contributed by atoms with Crippen molar-refractivity contribution in [3.05, 3.63) is 17.7 Å². The number of benzene rings is 1. The van der Waals surface area contributed by atoms with Crippen molar-refractivity contribution in [2.45, 2.75) is 25.7 Å². The average molecular weight is 336 g/mol. The Labute approximate surface area is 143 Å². The first-order chi connectivity index (χ1) is 11.7. The molecule has 0 saturated carbocycles. The van der Waals surface area contributed by atoms with E-state index >= 15 is 0 Å². The van der Waals surface area contributed by atoms with Crippen LogP contribution in [0.15, 0.2) is 12.1 Å². The SMILES string of the molecule is COc1ccc(CCC(=O)NCC2CCCNC2)c(OC)c1OC. The molecule has 24 heavy (non-hydrogen) atoms. The molecule has 2 N–H and O–H groups in total. The van der Waals surface area contributed by atoms with Gasteiger partial charge in [-0.2, -0.15) is 0 Å². The van der Waals surface area contributed by atoms with Gasteiger partial charge in [0.2, 0.25) is 11.7 Å². The summed E-state index contributed by atoms with van der Waals surface area (Å²) in [6.45, 7) is 2.82. The predicted octanol–water partition coefficient (Wildman–Crippen LogP) is 1.76. The van der Waals surface area contributed by atoms with E-state index in [1.165, 1.54) is 12.8 Å². The minimum Gasteiger partial charge on any atom is -0.493 e. The Morgan fingerprint density at radius 2 is 2.00 bits per heavy atom. The zero-order valence-electron chi connectivity index (χ0n) is 14.8. The van der Waals surface area contributed by atoms with E-state index < -0.39 is 0 Å². The van der Waals surface area contributed by atoms with Crippen molar-refractivity contribution in [3.63, 3.8) is 0 Å². The molecule has 0 bridgehead atoms. The molecular formula is C18H28N2O4. The van der Waals surface area contributed by atoms with Gasteiger partial charge in [0.15, 0.2) is 11.5 Å². The second kappa shape index (κ2) is 9.37. The first kappa shape index (κ1) is 18.4. The number of methoxy groups -OCH3 is 3. The highest BCUT2D eigenvalue weighted by Gasteiger charge is 2.17. The van der Waals surface area contributed by atoms with Gasteiger partial charge in [0, 0.05) is 13.0 Å². The van der Waals surface area contributed by atoms with Gasteiger partial charge < -0.3 is 24.8 Å². The van der Waals surface area contributed by atoms with Gasteiger partial charge in [-0.1, -0.05) is 6.07 Å². The summed E-state index contributed by atoms with van der Waals surface area (Å²) in [5.74, 6) is 2.41. The zero-order chi connectivity index (χ0) is 17.4. The summed E-state index contributed by atoms with van der Waals surface area (Å²) in [5.41, 5.74) is 0.935. The molecule has 0 spiro atoms. The van der Waals surface area contributed by atoms with Crippen molar-refractivity contribution in [1.29, 1.82) is 0 Å². The number of ether oxygens (including phenoxy) is 3. The van der Waals surface area contributed by atoms with Crippen LogP contribution >= 0.6 is 0 Å². The third kappa shape index (κ3) is 4.77. The van der Waals surface area contributed by atoms with E-state index in [0.29, 0.717) is 36.0 Å². The third-order valence-electron chi connectivity index (χ3n) is 4.39. The molecule has 2 rings (SSSR count). The van der Waals surface area contributed by atoms with Gasteiger partial charge in [0.25, 0.3) is 0 Å². The van der Waals surface area contributed by atoms with Crippen LogP contribution in [0.2, 0.25) is 0 Å². The van der Waals surface area contributed by atoms with E-state index in [4.69, 9.17) is 14.2 Å². The summed E-state index contributed by atoms with van der Waals surface area (Å²) in [6.07, 6.45) is 3.38. The Morgan fingerprint density at radius 1 is 1.21 bits per heavy atom. The number of aryl methyl sites for hydroxylation is 1. The minimum atomic E-state index is 0.0670. The third-order valence-corrected chi connectivity index (χ3v) is 4.39. The Kier molecular flexibility index (Phi) is 7.18. The molecule has 1 fully saturated rings. The molecule has 134 valence electrons. The summed E-state index contributed by atoms with van der Waals surface area (Å²) in [7, 11) is 4.76. The second-order valence-electron chi connectivity index (χ2n) is 6.01. The Balaban J connectivity index is 1.89.